The van der Waals surface area contributed by atoms with E-state index >= 15 is 0 Å². The Hall–Kier alpha value is -0.600. The molecule has 2 saturated carbocycles. The molecule has 2 nitrogen and oxygen atoms in total. The van der Waals surface area contributed by atoms with Crippen molar-refractivity contribution < 1.29 is 9.47 Å². The molecule has 2 heteroatoms. The Kier molecular flexibility index (Phi) is 3.27. The molecule has 110 valence electrons. The number of hydrogen-bond donors (Lipinski definition) is 0. The molecule has 0 atom stereocenters. The minimum Gasteiger partial charge on any atom is -0.366 e. The fraction of sp³-hybridized carbons (Fsp3) is 0.778. The van der Waals surface area contributed by atoms with Gasteiger partial charge in [-0.1, -0.05) is 50.7 Å². The molecule has 0 aromatic carbocycles. The third kappa shape index (κ3) is 1.92. The molecule has 0 bridgehead atoms. The van der Waals surface area contributed by atoms with Gasteiger partial charge in [-0.15, -0.1) is 0 Å². The van der Waals surface area contributed by atoms with Crippen molar-refractivity contribution in [2.75, 3.05) is 13.2 Å². The number of ether oxygens (including phenoxy) is 2. The van der Waals surface area contributed by atoms with Gasteiger partial charge >= 0.3 is 0 Å². The van der Waals surface area contributed by atoms with Crippen LogP contribution in [0.15, 0.2) is 23.3 Å². The molecule has 4 rings (SSSR count). The fourth-order valence-electron chi connectivity index (χ4n) is 4.88. The highest BCUT2D eigenvalue weighted by Crippen LogP contribution is 2.51. The van der Waals surface area contributed by atoms with E-state index in [9.17, 15) is 0 Å². The molecule has 0 amide bonds. The summed E-state index contributed by atoms with van der Waals surface area (Å²) in [5.41, 5.74) is 3.11. The molecule has 0 radical (unpaired) electrons. The number of rotatable bonds is 1. The van der Waals surface area contributed by atoms with Crippen LogP contribution in [-0.2, 0) is 9.47 Å². The average Bonchev–Trinajstić information content (AvgIpc) is 3.05. The molecule has 0 N–H and O–H groups in total. The fourth-order valence-corrected chi connectivity index (χ4v) is 4.88. The summed E-state index contributed by atoms with van der Waals surface area (Å²) in [6.45, 7) is 1.62. The van der Waals surface area contributed by atoms with Crippen molar-refractivity contribution in [2.45, 2.75) is 75.4 Å². The molecule has 4 aliphatic rings. The summed E-state index contributed by atoms with van der Waals surface area (Å²) in [5, 5.41) is 0. The average molecular weight is 274 g/mol. The van der Waals surface area contributed by atoms with Crippen LogP contribution in [0.3, 0.4) is 0 Å². The Morgan fingerprint density at radius 2 is 1.00 bits per heavy atom. The lowest BCUT2D eigenvalue weighted by Gasteiger charge is -2.42. The van der Waals surface area contributed by atoms with Gasteiger partial charge in [-0.05, 0) is 36.8 Å². The maximum Gasteiger partial charge on any atom is 0.0937 e. The Bertz CT molecular complexity index is 392. The third-order valence-electron chi connectivity index (χ3n) is 5.89. The molecular weight excluding hydrogens is 248 g/mol. The van der Waals surface area contributed by atoms with Crippen LogP contribution in [0.25, 0.3) is 0 Å². The van der Waals surface area contributed by atoms with E-state index in [1.807, 2.05) is 0 Å². The summed E-state index contributed by atoms with van der Waals surface area (Å²) in [4.78, 5) is 0. The van der Waals surface area contributed by atoms with Crippen molar-refractivity contribution in [1.29, 1.82) is 0 Å². The molecule has 0 aromatic rings. The van der Waals surface area contributed by atoms with Crippen molar-refractivity contribution in [3.05, 3.63) is 23.3 Å². The van der Waals surface area contributed by atoms with Gasteiger partial charge in [-0.25, -0.2) is 0 Å². The lowest BCUT2D eigenvalue weighted by Crippen LogP contribution is -2.41. The molecule has 0 unspecified atom stereocenters. The van der Waals surface area contributed by atoms with E-state index in [4.69, 9.17) is 9.47 Å². The summed E-state index contributed by atoms with van der Waals surface area (Å²) >= 11 is 0. The number of hydrogen-bond acceptors (Lipinski definition) is 2. The smallest absolute Gasteiger partial charge is 0.0937 e. The highest BCUT2D eigenvalue weighted by Gasteiger charge is 2.48. The first kappa shape index (κ1) is 13.1. The molecular formula is C18H26O2. The first-order valence-corrected chi connectivity index (χ1v) is 8.54. The van der Waals surface area contributed by atoms with E-state index in [0.29, 0.717) is 0 Å². The lowest BCUT2D eigenvalue weighted by atomic mass is 9.70. The molecule has 2 spiro atoms. The molecule has 2 heterocycles. The second-order valence-electron chi connectivity index (χ2n) is 6.97. The van der Waals surface area contributed by atoms with Gasteiger partial charge in [0.1, 0.15) is 0 Å². The van der Waals surface area contributed by atoms with E-state index in [0.717, 1.165) is 13.2 Å². The predicted octanol–water partition coefficient (Wildman–Crippen LogP) is 4.31. The van der Waals surface area contributed by atoms with Gasteiger partial charge < -0.3 is 9.47 Å². The Morgan fingerprint density at radius 3 is 1.40 bits per heavy atom. The summed E-state index contributed by atoms with van der Waals surface area (Å²) in [7, 11) is 0. The summed E-state index contributed by atoms with van der Waals surface area (Å²) in [5.74, 6) is 0. The zero-order valence-corrected chi connectivity index (χ0v) is 12.5. The van der Waals surface area contributed by atoms with Gasteiger partial charge in [0.15, 0.2) is 0 Å². The predicted molar refractivity (Wildman–Crippen MR) is 79.7 cm³/mol. The van der Waals surface area contributed by atoms with Crippen LogP contribution >= 0.6 is 0 Å². The standard InChI is InChI=1S/C18H26O2/c1-3-9-17(10-4-1)15(7-13-19-17)16-8-14-20-18(16)11-5-2-6-12-18/h7-8H,1-6,9-14H2. The van der Waals surface area contributed by atoms with Crippen molar-refractivity contribution in [2.24, 2.45) is 0 Å². The van der Waals surface area contributed by atoms with Crippen LogP contribution in [0.5, 0.6) is 0 Å². The van der Waals surface area contributed by atoms with Gasteiger partial charge in [0.2, 0.25) is 0 Å². The monoisotopic (exact) mass is 274 g/mol. The topological polar surface area (TPSA) is 18.5 Å². The van der Waals surface area contributed by atoms with Gasteiger partial charge in [0, 0.05) is 0 Å². The molecule has 2 aliphatic carbocycles. The maximum absolute atomic E-state index is 6.25. The van der Waals surface area contributed by atoms with Gasteiger partial charge in [0.25, 0.3) is 0 Å². The molecule has 2 fully saturated rings. The van der Waals surface area contributed by atoms with E-state index in [1.165, 1.54) is 75.4 Å². The first-order chi connectivity index (χ1) is 9.85. The largest absolute Gasteiger partial charge is 0.366 e. The summed E-state index contributed by atoms with van der Waals surface area (Å²) < 4.78 is 12.5. The third-order valence-corrected chi connectivity index (χ3v) is 5.89. The highest BCUT2D eigenvalue weighted by atomic mass is 16.5. The first-order valence-electron chi connectivity index (χ1n) is 8.54. The quantitative estimate of drug-likeness (QED) is 0.709. The van der Waals surface area contributed by atoms with E-state index in [1.54, 1.807) is 0 Å². The maximum atomic E-state index is 6.25. The molecule has 0 saturated heterocycles. The van der Waals surface area contributed by atoms with Crippen molar-refractivity contribution in [3.8, 4) is 0 Å². The van der Waals surface area contributed by atoms with E-state index in [-0.39, 0.29) is 11.2 Å². The SMILES string of the molecule is C1=C(C2=CCOC23CCCCC3)C2(CCCCC2)OC1. The normalized spacial score (nSPS) is 31.6. The van der Waals surface area contributed by atoms with Gasteiger partial charge in [-0.3, -0.25) is 0 Å². The van der Waals surface area contributed by atoms with Crippen LogP contribution in [0.4, 0.5) is 0 Å². The zero-order chi connectivity index (χ0) is 13.5. The van der Waals surface area contributed by atoms with E-state index < -0.39 is 0 Å². The molecule has 2 aliphatic heterocycles. The van der Waals surface area contributed by atoms with Crippen molar-refractivity contribution in [3.63, 3.8) is 0 Å². The highest BCUT2D eigenvalue weighted by molar-refractivity contribution is 5.48. The Labute approximate surface area is 122 Å². The van der Waals surface area contributed by atoms with Crippen molar-refractivity contribution in [1.82, 2.24) is 0 Å². The second-order valence-corrected chi connectivity index (χ2v) is 6.97. The second kappa shape index (κ2) is 4.99. The van der Waals surface area contributed by atoms with Crippen LogP contribution in [0.2, 0.25) is 0 Å². The Balaban J connectivity index is 1.65. The minimum atomic E-state index is 0.0439. The summed E-state index contributed by atoms with van der Waals surface area (Å²) in [6.07, 6.45) is 17.6. The van der Waals surface area contributed by atoms with Crippen LogP contribution in [-0.4, -0.2) is 24.4 Å². The summed E-state index contributed by atoms with van der Waals surface area (Å²) in [6, 6.07) is 0. The molecule has 20 heavy (non-hydrogen) atoms. The van der Waals surface area contributed by atoms with Gasteiger partial charge in [-0.2, -0.15) is 0 Å². The van der Waals surface area contributed by atoms with Crippen molar-refractivity contribution >= 4 is 0 Å². The minimum absolute atomic E-state index is 0.0439. The van der Waals surface area contributed by atoms with Crippen LogP contribution in [0.1, 0.15) is 64.2 Å². The van der Waals surface area contributed by atoms with Crippen LogP contribution < -0.4 is 0 Å². The lowest BCUT2D eigenvalue weighted by molar-refractivity contribution is -0.0265. The Morgan fingerprint density at radius 1 is 0.600 bits per heavy atom. The van der Waals surface area contributed by atoms with Gasteiger partial charge in [0.05, 0.1) is 24.4 Å². The van der Waals surface area contributed by atoms with Crippen LogP contribution in [0, 0.1) is 0 Å². The zero-order valence-electron chi connectivity index (χ0n) is 12.5. The van der Waals surface area contributed by atoms with E-state index in [2.05, 4.69) is 12.2 Å². The molecule has 0 aromatic heterocycles.